The fourth-order valence-electron chi connectivity index (χ4n) is 3.95. The van der Waals surface area contributed by atoms with Gasteiger partial charge in [-0.2, -0.15) is 10.2 Å². The first kappa shape index (κ1) is 18.7. The number of aryl methyl sites for hydroxylation is 1. The first-order valence-electron chi connectivity index (χ1n) is 9.61. The summed E-state index contributed by atoms with van der Waals surface area (Å²) in [5, 5.41) is 13.1. The summed E-state index contributed by atoms with van der Waals surface area (Å²) in [7, 11) is 1.84. The molecule has 5 rings (SSSR count). The largest absolute Gasteiger partial charge is 0.325 e. The quantitative estimate of drug-likeness (QED) is 0.445. The molecule has 0 aliphatic rings. The van der Waals surface area contributed by atoms with Crippen LogP contribution in [0.1, 0.15) is 5.69 Å². The van der Waals surface area contributed by atoms with Gasteiger partial charge in [-0.1, -0.05) is 24.3 Å². The average Bonchev–Trinajstić information content (AvgIpc) is 3.19. The third-order valence-corrected chi connectivity index (χ3v) is 5.43. The summed E-state index contributed by atoms with van der Waals surface area (Å²) < 4.78 is 1.75. The Bertz CT molecular complexity index is 1570. The van der Waals surface area contributed by atoms with Crippen LogP contribution < -0.4 is 11.3 Å². The predicted octanol–water partition coefficient (Wildman–Crippen LogP) is 3.55. The van der Waals surface area contributed by atoms with E-state index in [1.165, 1.54) is 0 Å². The normalized spacial score (nSPS) is 11.1. The summed E-state index contributed by atoms with van der Waals surface area (Å²) in [5.41, 5.74) is 10.5. The number of rotatable bonds is 3. The fraction of sp³-hybridized carbons (Fsp3) is 0.0870. The highest BCUT2D eigenvalue weighted by molar-refractivity contribution is 6.02. The lowest BCUT2D eigenvalue weighted by Crippen LogP contribution is -2.13. The molecule has 0 amide bonds. The van der Waals surface area contributed by atoms with Gasteiger partial charge in [-0.25, -0.2) is 9.94 Å². The van der Waals surface area contributed by atoms with Gasteiger partial charge in [-0.3, -0.25) is 14.5 Å². The predicted molar refractivity (Wildman–Crippen MR) is 119 cm³/mol. The Morgan fingerprint density at radius 2 is 2.03 bits per heavy atom. The highest BCUT2D eigenvalue weighted by Crippen LogP contribution is 2.40. The van der Waals surface area contributed by atoms with Crippen LogP contribution in [0.2, 0.25) is 0 Å². The Morgan fingerprint density at radius 3 is 2.84 bits per heavy atom. The molecule has 8 heteroatoms. The van der Waals surface area contributed by atoms with Gasteiger partial charge >= 0.3 is 0 Å². The topological polar surface area (TPSA) is 107 Å². The maximum absolute atomic E-state index is 12.2. The molecule has 3 aromatic heterocycles. The van der Waals surface area contributed by atoms with E-state index < -0.39 is 0 Å². The number of nitrogens with zero attached hydrogens (tertiary/aromatic N) is 5. The van der Waals surface area contributed by atoms with E-state index in [-0.39, 0.29) is 12.1 Å². The molecule has 0 atom stereocenters. The minimum atomic E-state index is -0.263. The Balaban J connectivity index is 1.79. The van der Waals surface area contributed by atoms with Gasteiger partial charge in [0.1, 0.15) is 0 Å². The zero-order valence-corrected chi connectivity index (χ0v) is 16.6. The summed E-state index contributed by atoms with van der Waals surface area (Å²) in [5.74, 6) is 0. The van der Waals surface area contributed by atoms with Crippen molar-refractivity contribution in [3.8, 4) is 22.4 Å². The molecule has 0 saturated heterocycles. The minimum Gasteiger partial charge on any atom is -0.325 e. The Morgan fingerprint density at radius 1 is 1.16 bits per heavy atom. The summed E-state index contributed by atoms with van der Waals surface area (Å²) in [6.07, 6.45) is 3.45. The SMILES string of the molecule is [C-]#[N+]c1c(-c2c(-c3ccc4c(=O)[nH]nc(CN)c4c3)cnn2C)ccc2cccnc12. The van der Waals surface area contributed by atoms with Crippen molar-refractivity contribution in [2.75, 3.05) is 0 Å². The van der Waals surface area contributed by atoms with Crippen molar-refractivity contribution in [3.05, 3.63) is 82.3 Å². The lowest BCUT2D eigenvalue weighted by atomic mass is 9.97. The molecule has 0 unspecified atom stereocenters. The molecule has 0 saturated carbocycles. The molecule has 150 valence electrons. The third kappa shape index (κ3) is 2.87. The Hall–Kier alpha value is -4.35. The van der Waals surface area contributed by atoms with Crippen LogP contribution in [0.4, 0.5) is 5.69 Å². The first-order valence-corrected chi connectivity index (χ1v) is 9.61. The fourth-order valence-corrected chi connectivity index (χ4v) is 3.95. The van der Waals surface area contributed by atoms with Crippen molar-refractivity contribution >= 4 is 27.4 Å². The first-order chi connectivity index (χ1) is 15.1. The number of aromatic nitrogens is 5. The van der Waals surface area contributed by atoms with Gasteiger partial charge in [0.05, 0.1) is 35.1 Å². The third-order valence-electron chi connectivity index (χ3n) is 5.43. The second-order valence-electron chi connectivity index (χ2n) is 7.14. The van der Waals surface area contributed by atoms with E-state index in [2.05, 4.69) is 25.1 Å². The molecule has 8 nitrogen and oxygen atoms in total. The lowest BCUT2D eigenvalue weighted by Gasteiger charge is -2.11. The molecule has 0 radical (unpaired) electrons. The van der Waals surface area contributed by atoms with Crippen molar-refractivity contribution in [1.29, 1.82) is 0 Å². The van der Waals surface area contributed by atoms with Gasteiger partial charge in [0.25, 0.3) is 5.56 Å². The summed E-state index contributed by atoms with van der Waals surface area (Å²) in [4.78, 5) is 20.4. The summed E-state index contributed by atoms with van der Waals surface area (Å²) in [6.45, 7) is 8.00. The van der Waals surface area contributed by atoms with Gasteiger partial charge in [0.2, 0.25) is 5.69 Å². The smallest absolute Gasteiger partial charge is 0.272 e. The van der Waals surface area contributed by atoms with Gasteiger partial charge in [0, 0.05) is 36.3 Å². The standard InChI is InChI=1S/C23H17N7O/c1-25-21-16(8-5-13-4-3-9-26-20(13)21)22-18(12-27-30(22)2)14-6-7-15-17(10-14)19(11-24)28-29-23(15)31/h3-10,12H,11,24H2,2H3,(H,29,31). The van der Waals surface area contributed by atoms with Crippen molar-refractivity contribution in [2.45, 2.75) is 6.54 Å². The van der Waals surface area contributed by atoms with Crippen LogP contribution in [0.3, 0.4) is 0 Å². The van der Waals surface area contributed by atoms with Crippen LogP contribution >= 0.6 is 0 Å². The van der Waals surface area contributed by atoms with Gasteiger partial charge in [-0.15, -0.1) is 0 Å². The number of hydrogen-bond acceptors (Lipinski definition) is 5. The zero-order valence-electron chi connectivity index (χ0n) is 16.6. The van der Waals surface area contributed by atoms with Crippen molar-refractivity contribution in [1.82, 2.24) is 25.0 Å². The molecule has 3 heterocycles. The van der Waals surface area contributed by atoms with Crippen molar-refractivity contribution < 1.29 is 0 Å². The number of aromatic amines is 1. The van der Waals surface area contributed by atoms with Gasteiger partial charge in [-0.05, 0) is 29.1 Å². The van der Waals surface area contributed by atoms with Crippen molar-refractivity contribution in [2.24, 2.45) is 12.8 Å². The number of H-pyrrole nitrogens is 1. The number of hydrogen-bond donors (Lipinski definition) is 2. The molecule has 2 aromatic carbocycles. The molecule has 0 bridgehead atoms. The van der Waals surface area contributed by atoms with E-state index in [1.807, 2.05) is 43.4 Å². The second kappa shape index (κ2) is 7.16. The highest BCUT2D eigenvalue weighted by Gasteiger charge is 2.19. The molecule has 0 fully saturated rings. The Kier molecular flexibility index (Phi) is 4.31. The number of nitrogens with one attached hydrogen (secondary N) is 1. The van der Waals surface area contributed by atoms with E-state index in [4.69, 9.17) is 12.3 Å². The minimum absolute atomic E-state index is 0.203. The molecular weight excluding hydrogens is 390 g/mol. The van der Waals surface area contributed by atoms with Crippen molar-refractivity contribution in [3.63, 3.8) is 0 Å². The van der Waals surface area contributed by atoms with E-state index in [0.29, 0.717) is 27.7 Å². The van der Waals surface area contributed by atoms with Crippen LogP contribution in [0, 0.1) is 6.57 Å². The zero-order chi connectivity index (χ0) is 21.5. The number of nitrogens with two attached hydrogens (primary N) is 1. The van der Waals surface area contributed by atoms with Gasteiger partial charge in [0.15, 0.2) is 0 Å². The molecule has 31 heavy (non-hydrogen) atoms. The Labute approximate surface area is 176 Å². The number of benzene rings is 2. The summed E-state index contributed by atoms with van der Waals surface area (Å²) >= 11 is 0. The maximum atomic E-state index is 12.2. The average molecular weight is 407 g/mol. The molecule has 0 aliphatic heterocycles. The van der Waals surface area contributed by atoms with Crippen LogP contribution in [0.5, 0.6) is 0 Å². The summed E-state index contributed by atoms with van der Waals surface area (Å²) in [6, 6.07) is 13.2. The molecule has 0 spiro atoms. The lowest BCUT2D eigenvalue weighted by molar-refractivity contribution is 0.776. The maximum Gasteiger partial charge on any atom is 0.272 e. The van der Waals surface area contributed by atoms with E-state index in [9.17, 15) is 4.79 Å². The molecule has 3 N–H and O–H groups in total. The monoisotopic (exact) mass is 407 g/mol. The van der Waals surface area contributed by atoms with E-state index in [0.717, 1.165) is 27.8 Å². The molecule has 0 aliphatic carbocycles. The van der Waals surface area contributed by atoms with Crippen LogP contribution in [-0.4, -0.2) is 25.0 Å². The van der Waals surface area contributed by atoms with Crippen LogP contribution in [-0.2, 0) is 13.6 Å². The number of pyridine rings is 1. The number of fused-ring (bicyclic) bond motifs is 2. The van der Waals surface area contributed by atoms with Gasteiger partial charge < -0.3 is 5.73 Å². The van der Waals surface area contributed by atoms with Crippen LogP contribution in [0.25, 0.3) is 48.9 Å². The molecule has 5 aromatic rings. The van der Waals surface area contributed by atoms with E-state index >= 15 is 0 Å². The molecular formula is C23H17N7O. The second-order valence-corrected chi connectivity index (χ2v) is 7.14. The highest BCUT2D eigenvalue weighted by atomic mass is 16.1. The van der Waals surface area contributed by atoms with E-state index in [1.54, 1.807) is 23.1 Å². The van der Waals surface area contributed by atoms with Crippen LogP contribution in [0.15, 0.2) is 59.7 Å².